The molecule has 1 aliphatic carbocycles. The second-order valence-corrected chi connectivity index (χ2v) is 5.65. The third-order valence-electron chi connectivity index (χ3n) is 3.57. The van der Waals surface area contributed by atoms with Crippen molar-refractivity contribution in [1.82, 2.24) is 19.4 Å². The molecule has 3 heterocycles. The summed E-state index contributed by atoms with van der Waals surface area (Å²) in [4.78, 5) is 23.9. The van der Waals surface area contributed by atoms with Crippen molar-refractivity contribution in [2.45, 2.75) is 25.7 Å². The van der Waals surface area contributed by atoms with Crippen molar-refractivity contribution in [3.05, 3.63) is 39.5 Å². The number of hydrogen-bond donors (Lipinski definition) is 1. The van der Waals surface area contributed by atoms with E-state index >= 15 is 0 Å². The summed E-state index contributed by atoms with van der Waals surface area (Å²) >= 11 is 1.54. The van der Waals surface area contributed by atoms with E-state index in [1.807, 2.05) is 5.38 Å². The van der Waals surface area contributed by atoms with Crippen molar-refractivity contribution in [3.63, 3.8) is 0 Å². The zero-order valence-electron chi connectivity index (χ0n) is 10.2. The number of hydrogen-bond acceptors (Lipinski definition) is 4. The number of aromatic nitrogens is 4. The molecular weight excluding hydrogens is 260 g/mol. The van der Waals surface area contributed by atoms with Gasteiger partial charge in [0.25, 0.3) is 0 Å². The molecule has 5 nitrogen and oxygen atoms in total. The molecule has 3 aromatic heterocycles. The van der Waals surface area contributed by atoms with E-state index in [4.69, 9.17) is 0 Å². The third kappa shape index (κ3) is 1.63. The number of nitrogens with zero attached hydrogens (tertiary/aromatic N) is 3. The lowest BCUT2D eigenvalue weighted by Gasteiger charge is -2.15. The van der Waals surface area contributed by atoms with Crippen LogP contribution in [0, 0.1) is 0 Å². The van der Waals surface area contributed by atoms with Crippen molar-refractivity contribution < 1.29 is 0 Å². The molecule has 0 aliphatic heterocycles. The van der Waals surface area contributed by atoms with Gasteiger partial charge >= 0.3 is 5.69 Å². The van der Waals surface area contributed by atoms with E-state index in [0.29, 0.717) is 0 Å². The van der Waals surface area contributed by atoms with Crippen LogP contribution in [0.4, 0.5) is 0 Å². The van der Waals surface area contributed by atoms with Crippen LogP contribution in [-0.4, -0.2) is 19.4 Å². The highest BCUT2D eigenvalue weighted by Crippen LogP contribution is 2.25. The van der Waals surface area contributed by atoms with Gasteiger partial charge in [0.2, 0.25) is 0 Å². The van der Waals surface area contributed by atoms with Crippen LogP contribution < -0.4 is 5.69 Å². The number of thiazole rings is 1. The Hall–Kier alpha value is -1.95. The van der Waals surface area contributed by atoms with Gasteiger partial charge in [0.15, 0.2) is 0 Å². The number of H-pyrrole nitrogens is 1. The van der Waals surface area contributed by atoms with Crippen LogP contribution >= 0.6 is 11.3 Å². The van der Waals surface area contributed by atoms with Crippen LogP contribution in [0.2, 0.25) is 0 Å². The molecule has 0 bridgehead atoms. The molecule has 0 spiro atoms. The third-order valence-corrected chi connectivity index (χ3v) is 4.37. The van der Waals surface area contributed by atoms with Gasteiger partial charge in [0, 0.05) is 29.0 Å². The summed E-state index contributed by atoms with van der Waals surface area (Å²) in [6.45, 7) is 0. The Labute approximate surface area is 113 Å². The minimum atomic E-state index is -0.106. The molecule has 3 aromatic rings. The van der Waals surface area contributed by atoms with Crippen LogP contribution in [0.25, 0.3) is 16.3 Å². The Morgan fingerprint density at radius 1 is 1.32 bits per heavy atom. The van der Waals surface area contributed by atoms with E-state index in [0.717, 1.165) is 47.7 Å². The smallest absolute Gasteiger partial charge is 0.311 e. The highest BCUT2D eigenvalue weighted by atomic mass is 32.1. The van der Waals surface area contributed by atoms with Crippen molar-refractivity contribution in [2.24, 2.45) is 0 Å². The Morgan fingerprint density at radius 3 is 3.05 bits per heavy atom. The Bertz CT molecular complexity index is 800. The van der Waals surface area contributed by atoms with Crippen molar-refractivity contribution in [2.75, 3.05) is 0 Å². The molecule has 0 aromatic carbocycles. The summed E-state index contributed by atoms with van der Waals surface area (Å²) in [7, 11) is 0. The predicted octanol–water partition coefficient (Wildman–Crippen LogP) is 2.02. The fourth-order valence-corrected chi connectivity index (χ4v) is 3.27. The van der Waals surface area contributed by atoms with Crippen LogP contribution in [0.5, 0.6) is 0 Å². The maximum absolute atomic E-state index is 12.1. The number of nitrogens with one attached hydrogen (secondary N) is 1. The van der Waals surface area contributed by atoms with Gasteiger partial charge in [-0.1, -0.05) is 0 Å². The van der Waals surface area contributed by atoms with E-state index < -0.39 is 0 Å². The molecule has 1 N–H and O–H groups in total. The number of aryl methyl sites for hydroxylation is 2. The molecule has 4 rings (SSSR count). The minimum Gasteiger partial charge on any atom is -0.311 e. The molecule has 1 aliphatic rings. The first-order valence-electron chi connectivity index (χ1n) is 6.36. The molecule has 0 radical (unpaired) electrons. The molecule has 0 unspecified atom stereocenters. The zero-order valence-corrected chi connectivity index (χ0v) is 11.0. The quantitative estimate of drug-likeness (QED) is 0.737. The summed E-state index contributed by atoms with van der Waals surface area (Å²) < 4.78 is 1.61. The second kappa shape index (κ2) is 4.03. The molecule has 0 fully saturated rings. The van der Waals surface area contributed by atoms with E-state index in [-0.39, 0.29) is 5.69 Å². The minimum absolute atomic E-state index is 0.106. The van der Waals surface area contributed by atoms with Gasteiger partial charge in [-0.25, -0.2) is 14.8 Å². The van der Waals surface area contributed by atoms with E-state index in [9.17, 15) is 4.79 Å². The molecular formula is C13H12N4OS. The maximum Gasteiger partial charge on any atom is 0.331 e. The van der Waals surface area contributed by atoms with Crippen molar-refractivity contribution in [3.8, 4) is 10.7 Å². The summed E-state index contributed by atoms with van der Waals surface area (Å²) in [6.07, 6.45) is 7.77. The summed E-state index contributed by atoms with van der Waals surface area (Å²) in [5, 5.41) is 2.77. The lowest BCUT2D eigenvalue weighted by atomic mass is 9.97. The lowest BCUT2D eigenvalue weighted by molar-refractivity contribution is 0.659. The van der Waals surface area contributed by atoms with E-state index in [1.54, 1.807) is 16.8 Å². The summed E-state index contributed by atoms with van der Waals surface area (Å²) in [5.41, 5.74) is 3.71. The zero-order chi connectivity index (χ0) is 12.8. The molecule has 0 saturated heterocycles. The van der Waals surface area contributed by atoms with E-state index in [1.165, 1.54) is 16.9 Å². The van der Waals surface area contributed by atoms with Crippen molar-refractivity contribution >= 4 is 17.0 Å². The summed E-state index contributed by atoms with van der Waals surface area (Å²) in [5.74, 6) is 0. The van der Waals surface area contributed by atoms with Gasteiger partial charge in [0.05, 0.1) is 0 Å². The van der Waals surface area contributed by atoms with Gasteiger partial charge in [-0.3, -0.25) is 4.40 Å². The van der Waals surface area contributed by atoms with Crippen LogP contribution in [0.1, 0.15) is 24.1 Å². The van der Waals surface area contributed by atoms with Gasteiger partial charge in [-0.15, -0.1) is 11.3 Å². The Kier molecular flexibility index (Phi) is 2.32. The first kappa shape index (κ1) is 10.9. The lowest BCUT2D eigenvalue weighted by Crippen LogP contribution is -2.21. The number of fused-ring (bicyclic) bond motifs is 3. The average Bonchev–Trinajstić information content (AvgIpc) is 3.08. The molecule has 0 amide bonds. The monoisotopic (exact) mass is 272 g/mol. The number of aromatic amines is 1. The Balaban J connectivity index is 2.02. The van der Waals surface area contributed by atoms with Gasteiger partial charge < -0.3 is 4.98 Å². The first-order chi connectivity index (χ1) is 9.33. The molecule has 96 valence electrons. The number of imidazole rings is 1. The standard InChI is InChI=1S/C13H12N4OS/c18-13-16-9-4-2-1-3-8(9)11-15-10(7-17(11)13)12-14-5-6-19-12/h5-7H,1-4H2,(H,16,18). The predicted molar refractivity (Wildman–Crippen MR) is 73.6 cm³/mol. The second-order valence-electron chi connectivity index (χ2n) is 4.75. The Morgan fingerprint density at radius 2 is 2.21 bits per heavy atom. The largest absolute Gasteiger partial charge is 0.331 e. The first-order valence-corrected chi connectivity index (χ1v) is 7.24. The molecule has 0 atom stereocenters. The van der Waals surface area contributed by atoms with Crippen molar-refractivity contribution in [1.29, 1.82) is 0 Å². The van der Waals surface area contributed by atoms with Crippen LogP contribution in [-0.2, 0) is 12.8 Å². The highest BCUT2D eigenvalue weighted by Gasteiger charge is 2.18. The normalized spacial score (nSPS) is 14.7. The molecule has 6 heteroatoms. The highest BCUT2D eigenvalue weighted by molar-refractivity contribution is 7.13. The fourth-order valence-electron chi connectivity index (χ4n) is 2.68. The average molecular weight is 272 g/mol. The fraction of sp³-hybridized carbons (Fsp3) is 0.308. The molecule has 19 heavy (non-hydrogen) atoms. The van der Waals surface area contributed by atoms with Gasteiger partial charge in [0.1, 0.15) is 16.3 Å². The summed E-state index contributed by atoms with van der Waals surface area (Å²) in [6, 6.07) is 0. The number of rotatable bonds is 1. The molecule has 0 saturated carbocycles. The van der Waals surface area contributed by atoms with Crippen LogP contribution in [0.3, 0.4) is 0 Å². The SMILES string of the molecule is O=c1[nH]c2c(c3nc(-c4nccs4)cn13)CCCC2. The van der Waals surface area contributed by atoms with Gasteiger partial charge in [-0.05, 0) is 25.7 Å². The van der Waals surface area contributed by atoms with E-state index in [2.05, 4.69) is 15.0 Å². The van der Waals surface area contributed by atoms with Crippen LogP contribution in [0.15, 0.2) is 22.6 Å². The maximum atomic E-state index is 12.1. The van der Waals surface area contributed by atoms with Gasteiger partial charge in [-0.2, -0.15) is 0 Å². The topological polar surface area (TPSA) is 63.0 Å².